The van der Waals surface area contributed by atoms with E-state index in [9.17, 15) is 15.3 Å². The number of aromatic hydroxyl groups is 1. The van der Waals surface area contributed by atoms with Crippen molar-refractivity contribution < 1.29 is 15.3 Å². The summed E-state index contributed by atoms with van der Waals surface area (Å²) in [5.41, 5.74) is 1.87. The first-order chi connectivity index (χ1) is 10.1. The molecule has 2 aromatic carbocycles. The molecule has 0 aliphatic carbocycles. The second-order valence-electron chi connectivity index (χ2n) is 4.80. The van der Waals surface area contributed by atoms with Crippen molar-refractivity contribution in [2.45, 2.75) is 12.1 Å². The highest BCUT2D eigenvalue weighted by molar-refractivity contribution is 6.30. The number of nitrogens with one attached hydrogen (secondary N) is 1. The molecule has 2 rings (SSSR count). The summed E-state index contributed by atoms with van der Waals surface area (Å²) in [7, 11) is 0. The average Bonchev–Trinajstić information content (AvgIpc) is 2.51. The molecule has 4 N–H and O–H groups in total. The molecule has 0 amide bonds. The van der Waals surface area contributed by atoms with Gasteiger partial charge in [-0.3, -0.25) is 5.32 Å². The number of rotatable bonds is 6. The topological polar surface area (TPSA) is 72.7 Å². The quantitative estimate of drug-likeness (QED) is 0.659. The third-order valence-corrected chi connectivity index (χ3v) is 3.52. The van der Waals surface area contributed by atoms with Crippen LogP contribution in [0.5, 0.6) is 5.75 Å². The summed E-state index contributed by atoms with van der Waals surface area (Å²) in [6.07, 6.45) is 0. The van der Waals surface area contributed by atoms with E-state index in [4.69, 9.17) is 11.6 Å². The van der Waals surface area contributed by atoms with E-state index in [1.807, 2.05) is 12.1 Å². The summed E-state index contributed by atoms with van der Waals surface area (Å²) in [6, 6.07) is 13.5. The molecule has 2 aromatic rings. The van der Waals surface area contributed by atoms with E-state index in [0.717, 1.165) is 11.1 Å². The van der Waals surface area contributed by atoms with Crippen LogP contribution in [0.1, 0.15) is 17.2 Å². The minimum atomic E-state index is -0.431. The van der Waals surface area contributed by atoms with Crippen LogP contribution in [0.25, 0.3) is 0 Å². The van der Waals surface area contributed by atoms with Crippen molar-refractivity contribution in [2.75, 3.05) is 13.2 Å². The Morgan fingerprint density at radius 2 is 1.33 bits per heavy atom. The average molecular weight is 308 g/mol. The molecule has 0 aliphatic heterocycles. The van der Waals surface area contributed by atoms with Gasteiger partial charge in [0.2, 0.25) is 0 Å². The van der Waals surface area contributed by atoms with Crippen molar-refractivity contribution in [3.05, 3.63) is 64.7 Å². The highest BCUT2D eigenvalue weighted by atomic mass is 35.5. The predicted molar refractivity (Wildman–Crippen MR) is 82.5 cm³/mol. The number of aliphatic hydroxyl groups excluding tert-OH is 2. The number of phenols is 1. The van der Waals surface area contributed by atoms with Gasteiger partial charge in [-0.05, 0) is 35.4 Å². The molecule has 0 fully saturated rings. The normalized spacial score (nSPS) is 12.6. The molecule has 5 heteroatoms. The molecule has 21 heavy (non-hydrogen) atoms. The van der Waals surface area contributed by atoms with Gasteiger partial charge < -0.3 is 15.3 Å². The van der Waals surface area contributed by atoms with Crippen molar-refractivity contribution in [2.24, 2.45) is 0 Å². The van der Waals surface area contributed by atoms with Gasteiger partial charge in [-0.1, -0.05) is 35.9 Å². The fourth-order valence-electron chi connectivity index (χ4n) is 2.11. The predicted octanol–water partition coefficient (Wildman–Crippen LogP) is 2.08. The van der Waals surface area contributed by atoms with E-state index in [-0.39, 0.29) is 25.0 Å². The van der Waals surface area contributed by atoms with Gasteiger partial charge in [-0.15, -0.1) is 0 Å². The fourth-order valence-corrected chi connectivity index (χ4v) is 2.23. The van der Waals surface area contributed by atoms with Gasteiger partial charge >= 0.3 is 0 Å². The highest BCUT2D eigenvalue weighted by Gasteiger charge is 2.18. The SMILES string of the molecule is OCC(CO)NC(c1ccc(O)cc1)c1ccc(Cl)cc1. The Labute approximate surface area is 128 Å². The lowest BCUT2D eigenvalue weighted by molar-refractivity contribution is 0.165. The van der Waals surface area contributed by atoms with E-state index < -0.39 is 6.04 Å². The Kier molecular flexibility index (Phi) is 5.59. The summed E-state index contributed by atoms with van der Waals surface area (Å²) < 4.78 is 0. The minimum Gasteiger partial charge on any atom is -0.508 e. The summed E-state index contributed by atoms with van der Waals surface area (Å²) >= 11 is 5.91. The Balaban J connectivity index is 2.33. The van der Waals surface area contributed by atoms with Gasteiger partial charge in [0.1, 0.15) is 5.75 Å². The standard InChI is InChI=1S/C16H18ClNO3/c17-13-5-1-11(2-6-13)16(18-14(9-19)10-20)12-3-7-15(21)8-4-12/h1-8,14,16,18-21H,9-10H2. The van der Waals surface area contributed by atoms with Crippen LogP contribution in [-0.2, 0) is 0 Å². The lowest BCUT2D eigenvalue weighted by atomic mass is 9.97. The molecule has 0 aromatic heterocycles. The molecule has 0 heterocycles. The van der Waals surface area contributed by atoms with Crippen LogP contribution >= 0.6 is 11.6 Å². The minimum absolute atomic E-state index is 0.168. The lowest BCUT2D eigenvalue weighted by Gasteiger charge is -2.24. The first-order valence-electron chi connectivity index (χ1n) is 6.66. The molecule has 0 aliphatic rings. The Hall–Kier alpha value is -1.59. The molecule has 4 nitrogen and oxygen atoms in total. The Morgan fingerprint density at radius 1 is 0.857 bits per heavy atom. The first-order valence-corrected chi connectivity index (χ1v) is 7.04. The number of phenolic OH excluding ortho intramolecular Hbond substituents is 1. The van der Waals surface area contributed by atoms with Gasteiger partial charge in [0.05, 0.1) is 25.3 Å². The van der Waals surface area contributed by atoms with Crippen LogP contribution < -0.4 is 5.32 Å². The smallest absolute Gasteiger partial charge is 0.115 e. The molecule has 0 radical (unpaired) electrons. The molecule has 1 atom stereocenters. The Bertz CT molecular complexity index is 507. The van der Waals surface area contributed by atoms with Crippen LogP contribution in [0.3, 0.4) is 0 Å². The number of hydrogen-bond donors (Lipinski definition) is 4. The van der Waals surface area contributed by atoms with Gasteiger partial charge in [0.15, 0.2) is 0 Å². The molecule has 112 valence electrons. The maximum absolute atomic E-state index is 9.40. The van der Waals surface area contributed by atoms with Gasteiger partial charge in [0, 0.05) is 5.02 Å². The molecular weight excluding hydrogens is 290 g/mol. The van der Waals surface area contributed by atoms with E-state index in [2.05, 4.69) is 5.32 Å². The monoisotopic (exact) mass is 307 g/mol. The fraction of sp³-hybridized carbons (Fsp3) is 0.250. The van der Waals surface area contributed by atoms with Gasteiger partial charge in [0.25, 0.3) is 0 Å². The van der Waals surface area contributed by atoms with Crippen LogP contribution in [0.4, 0.5) is 0 Å². The summed E-state index contributed by atoms with van der Waals surface area (Å²) in [4.78, 5) is 0. The molecular formula is C16H18ClNO3. The second-order valence-corrected chi connectivity index (χ2v) is 5.24. The molecule has 0 spiro atoms. The van der Waals surface area contributed by atoms with Crippen molar-refractivity contribution in [3.63, 3.8) is 0 Å². The summed E-state index contributed by atoms with van der Waals surface area (Å²) in [6.45, 7) is -0.336. The first kappa shape index (κ1) is 15.8. The zero-order chi connectivity index (χ0) is 15.2. The number of benzene rings is 2. The van der Waals surface area contributed by atoms with E-state index in [1.165, 1.54) is 0 Å². The van der Waals surface area contributed by atoms with Crippen molar-refractivity contribution >= 4 is 11.6 Å². The van der Waals surface area contributed by atoms with E-state index in [1.54, 1.807) is 36.4 Å². The van der Waals surface area contributed by atoms with Crippen LogP contribution in [0, 0.1) is 0 Å². The number of halogens is 1. The third kappa shape index (κ3) is 4.19. The second kappa shape index (κ2) is 7.43. The van der Waals surface area contributed by atoms with E-state index in [0.29, 0.717) is 5.02 Å². The van der Waals surface area contributed by atoms with Crippen molar-refractivity contribution in [1.82, 2.24) is 5.32 Å². The largest absolute Gasteiger partial charge is 0.508 e. The highest BCUT2D eigenvalue weighted by Crippen LogP contribution is 2.25. The third-order valence-electron chi connectivity index (χ3n) is 3.27. The Morgan fingerprint density at radius 3 is 1.81 bits per heavy atom. The maximum Gasteiger partial charge on any atom is 0.115 e. The molecule has 0 saturated heterocycles. The molecule has 0 saturated carbocycles. The van der Waals surface area contributed by atoms with Crippen molar-refractivity contribution in [1.29, 1.82) is 0 Å². The van der Waals surface area contributed by atoms with Crippen LogP contribution in [0.15, 0.2) is 48.5 Å². The van der Waals surface area contributed by atoms with Crippen LogP contribution in [-0.4, -0.2) is 34.6 Å². The van der Waals surface area contributed by atoms with Gasteiger partial charge in [-0.2, -0.15) is 0 Å². The maximum atomic E-state index is 9.40. The molecule has 0 bridgehead atoms. The van der Waals surface area contributed by atoms with Gasteiger partial charge in [-0.25, -0.2) is 0 Å². The lowest BCUT2D eigenvalue weighted by Crippen LogP contribution is -2.38. The summed E-state index contributed by atoms with van der Waals surface area (Å²) in [5, 5.41) is 31.8. The molecule has 1 unspecified atom stereocenters. The van der Waals surface area contributed by atoms with Crippen LogP contribution in [0.2, 0.25) is 5.02 Å². The number of hydrogen-bond acceptors (Lipinski definition) is 4. The van der Waals surface area contributed by atoms with E-state index >= 15 is 0 Å². The van der Waals surface area contributed by atoms with Crippen molar-refractivity contribution in [3.8, 4) is 5.75 Å². The summed E-state index contributed by atoms with van der Waals surface area (Å²) in [5.74, 6) is 0.189. The number of aliphatic hydroxyl groups is 2. The zero-order valence-electron chi connectivity index (χ0n) is 11.4. The zero-order valence-corrected chi connectivity index (χ0v) is 12.2.